The van der Waals surface area contributed by atoms with Crippen molar-refractivity contribution < 1.29 is 52.2 Å². The van der Waals surface area contributed by atoms with Crippen molar-refractivity contribution in [3.05, 3.63) is 109 Å². The Morgan fingerprint density at radius 2 is 0.646 bits per heavy atom. The Balaban J connectivity index is 4.77. The predicted molar refractivity (Wildman–Crippen MR) is 343 cm³/mol. The van der Waals surface area contributed by atoms with E-state index in [1.54, 1.807) is 0 Å². The molecule has 3 unspecified atom stereocenters. The van der Waals surface area contributed by atoms with E-state index in [2.05, 4.69) is 118 Å². The third-order valence-electron chi connectivity index (χ3n) is 13.7. The van der Waals surface area contributed by atoms with Crippen LogP contribution in [0, 0.1) is 0 Å². The molecule has 0 saturated carbocycles. The first kappa shape index (κ1) is 78.1. The van der Waals surface area contributed by atoms with Gasteiger partial charge in [-0.3, -0.25) is 23.4 Å². The highest BCUT2D eigenvalue weighted by atomic mass is 31.2. The zero-order valence-electron chi connectivity index (χ0n) is 52.2. The molecule has 0 radical (unpaired) electrons. The summed E-state index contributed by atoms with van der Waals surface area (Å²) < 4.78 is 39.7. The fraction of sp³-hybridized carbons (Fsp3) is 0.700. The molecule has 470 valence electrons. The first-order valence-corrected chi connectivity index (χ1v) is 34.3. The Bertz CT molecular complexity index is 1790. The molecular weight excluding hydrogens is 1050 g/mol. The Morgan fingerprint density at radius 3 is 1.02 bits per heavy atom. The molecule has 0 aliphatic rings. The van der Waals surface area contributed by atoms with Gasteiger partial charge in [0, 0.05) is 19.3 Å². The van der Waals surface area contributed by atoms with Crippen LogP contribution in [-0.2, 0) is 42.2 Å². The van der Waals surface area contributed by atoms with E-state index >= 15 is 0 Å². The number of phosphoric ester groups is 1. The summed E-state index contributed by atoms with van der Waals surface area (Å²) in [7, 11) is -4.78. The third kappa shape index (κ3) is 60.7. The largest absolute Gasteiger partial charge is 0.472 e. The van der Waals surface area contributed by atoms with Crippen molar-refractivity contribution in [3.63, 3.8) is 0 Å². The summed E-state index contributed by atoms with van der Waals surface area (Å²) in [6, 6.07) is 0. The summed E-state index contributed by atoms with van der Waals surface area (Å²) in [4.78, 5) is 48.8. The van der Waals surface area contributed by atoms with E-state index in [4.69, 9.17) is 23.3 Å². The molecule has 0 aromatic heterocycles. The van der Waals surface area contributed by atoms with Crippen molar-refractivity contribution in [2.75, 3.05) is 26.4 Å². The van der Waals surface area contributed by atoms with Crippen molar-refractivity contribution in [3.8, 4) is 0 Å². The van der Waals surface area contributed by atoms with Crippen LogP contribution in [0.25, 0.3) is 0 Å². The number of esters is 3. The van der Waals surface area contributed by atoms with Gasteiger partial charge in [0.25, 0.3) is 0 Å². The zero-order chi connectivity index (χ0) is 59.8. The van der Waals surface area contributed by atoms with Crippen LogP contribution in [0.4, 0.5) is 0 Å². The highest BCUT2D eigenvalue weighted by Gasteiger charge is 2.28. The fourth-order valence-electron chi connectivity index (χ4n) is 8.80. The second-order valence-corrected chi connectivity index (χ2v) is 23.0. The van der Waals surface area contributed by atoms with Gasteiger partial charge >= 0.3 is 25.7 Å². The summed E-state index contributed by atoms with van der Waals surface area (Å²) >= 11 is 0. The van der Waals surface area contributed by atoms with Gasteiger partial charge in [-0.2, -0.15) is 0 Å². The molecule has 0 spiro atoms. The van der Waals surface area contributed by atoms with Crippen molar-refractivity contribution in [2.45, 2.75) is 290 Å². The predicted octanol–water partition coefficient (Wildman–Crippen LogP) is 20.1. The number of carbonyl (C=O) groups excluding carboxylic acids is 3. The second kappa shape index (κ2) is 63.2. The first-order valence-electron chi connectivity index (χ1n) is 32.8. The average Bonchev–Trinajstić information content (AvgIpc) is 3.49. The summed E-state index contributed by atoms with van der Waals surface area (Å²) in [5.74, 6) is -1.54. The third-order valence-corrected chi connectivity index (χ3v) is 14.6. The number of unbranched alkanes of at least 4 members (excludes halogenated alkanes) is 25. The molecule has 2 N–H and O–H groups in total. The van der Waals surface area contributed by atoms with Crippen LogP contribution >= 0.6 is 7.82 Å². The normalized spacial score (nSPS) is 14.0. The van der Waals surface area contributed by atoms with E-state index in [1.807, 2.05) is 12.2 Å². The minimum atomic E-state index is -4.78. The molecule has 0 aromatic carbocycles. The minimum absolute atomic E-state index is 0.0944. The van der Waals surface area contributed by atoms with Crippen molar-refractivity contribution in [2.24, 2.45) is 0 Å². The van der Waals surface area contributed by atoms with Crippen molar-refractivity contribution in [1.82, 2.24) is 0 Å². The van der Waals surface area contributed by atoms with Crippen LogP contribution in [0.5, 0.6) is 0 Å². The summed E-state index contributed by atoms with van der Waals surface area (Å²) in [6.07, 6.45) is 77.6. The van der Waals surface area contributed by atoms with Crippen LogP contribution in [-0.4, -0.2) is 66.5 Å². The Hall–Kier alpha value is -3.86. The molecule has 0 heterocycles. The van der Waals surface area contributed by atoms with Crippen LogP contribution < -0.4 is 0 Å². The summed E-state index contributed by atoms with van der Waals surface area (Å²) in [5.41, 5.74) is 0. The van der Waals surface area contributed by atoms with E-state index in [1.165, 1.54) is 96.3 Å². The summed E-state index contributed by atoms with van der Waals surface area (Å²) in [6.45, 7) is 4.38. The van der Waals surface area contributed by atoms with Gasteiger partial charge < -0.3 is 24.2 Å². The number of phosphoric acid groups is 1. The molecule has 3 atom stereocenters. The van der Waals surface area contributed by atoms with Gasteiger partial charge in [0.05, 0.1) is 19.8 Å². The van der Waals surface area contributed by atoms with Gasteiger partial charge in [-0.1, -0.05) is 271 Å². The highest BCUT2D eigenvalue weighted by Crippen LogP contribution is 2.43. The molecule has 0 bridgehead atoms. The van der Waals surface area contributed by atoms with Crippen LogP contribution in [0.15, 0.2) is 109 Å². The van der Waals surface area contributed by atoms with E-state index in [-0.39, 0.29) is 25.9 Å². The number of hydrogen-bond donors (Lipinski definition) is 2. The zero-order valence-corrected chi connectivity index (χ0v) is 53.1. The van der Waals surface area contributed by atoms with Gasteiger partial charge in [0.15, 0.2) is 6.10 Å². The topological polar surface area (TPSA) is 155 Å². The summed E-state index contributed by atoms with van der Waals surface area (Å²) in [5, 5.41) is 9.85. The number of aliphatic hydroxyl groups is 1. The van der Waals surface area contributed by atoms with Gasteiger partial charge in [-0.05, 0) is 96.3 Å². The van der Waals surface area contributed by atoms with E-state index < -0.39 is 57.8 Å². The quantitative estimate of drug-likeness (QED) is 0.0197. The van der Waals surface area contributed by atoms with Crippen LogP contribution in [0.3, 0.4) is 0 Å². The van der Waals surface area contributed by atoms with Crippen LogP contribution in [0.1, 0.15) is 278 Å². The van der Waals surface area contributed by atoms with Gasteiger partial charge in [0.2, 0.25) is 0 Å². The lowest BCUT2D eigenvalue weighted by Crippen LogP contribution is -2.30. The SMILES string of the molecule is CC/C=C\C/C=C\C/C=C\C/C=C\C/C=C\CCCC(=O)OC(CO)COP(=O)(O)OCC(COC(=O)CCCCCCCC/C=C\C/C=C\C/C=C\C/C=C\CC)OC(=O)CCCCCCCCCCCCCCCCCCCCC. The smallest absolute Gasteiger partial charge is 0.462 e. The lowest BCUT2D eigenvalue weighted by Gasteiger charge is -2.21. The molecule has 0 fully saturated rings. The molecule has 0 aliphatic carbocycles. The molecule has 11 nitrogen and oxygen atoms in total. The van der Waals surface area contributed by atoms with E-state index in [9.17, 15) is 28.9 Å². The fourth-order valence-corrected chi connectivity index (χ4v) is 9.58. The molecule has 0 aliphatic heterocycles. The van der Waals surface area contributed by atoms with Gasteiger partial charge in [-0.15, -0.1) is 0 Å². The highest BCUT2D eigenvalue weighted by molar-refractivity contribution is 7.47. The van der Waals surface area contributed by atoms with Crippen molar-refractivity contribution >= 4 is 25.7 Å². The average molecular weight is 1170 g/mol. The maximum absolute atomic E-state index is 13.0. The van der Waals surface area contributed by atoms with Gasteiger partial charge in [-0.25, -0.2) is 4.57 Å². The Kier molecular flexibility index (Phi) is 60.2. The first-order chi connectivity index (χ1) is 40.2. The molecule has 82 heavy (non-hydrogen) atoms. The number of ether oxygens (including phenoxy) is 3. The maximum Gasteiger partial charge on any atom is 0.472 e. The van der Waals surface area contributed by atoms with Crippen molar-refractivity contribution in [1.29, 1.82) is 0 Å². The Labute approximate surface area is 501 Å². The van der Waals surface area contributed by atoms with E-state index in [0.717, 1.165) is 116 Å². The van der Waals surface area contributed by atoms with Crippen LogP contribution in [0.2, 0.25) is 0 Å². The number of aliphatic hydroxyl groups excluding tert-OH is 1. The second-order valence-electron chi connectivity index (χ2n) is 21.5. The molecular formula is C70H119O11P. The lowest BCUT2D eigenvalue weighted by molar-refractivity contribution is -0.161. The maximum atomic E-state index is 13.0. The molecule has 12 heteroatoms. The minimum Gasteiger partial charge on any atom is -0.462 e. The number of carbonyl (C=O) groups is 3. The molecule has 0 aromatic rings. The molecule has 0 rings (SSSR count). The van der Waals surface area contributed by atoms with E-state index in [0.29, 0.717) is 25.7 Å². The number of hydrogen-bond acceptors (Lipinski definition) is 10. The molecule has 0 amide bonds. The lowest BCUT2D eigenvalue weighted by atomic mass is 10.0. The monoisotopic (exact) mass is 1170 g/mol. The number of rotatable bonds is 60. The standard InChI is InChI=1S/C70H119O11P/c1-4-7-10-13-16-19-22-25-28-31-33-36-38-41-44-47-50-53-56-59-68(72)77-63-67(81-70(74)61-58-55-52-49-46-43-40-37-34-32-29-26-23-20-17-14-11-8-5-2)65-79-82(75,76)78-64-66(62-71)80-69(73)60-57-54-51-48-45-42-39-35-30-27-24-21-18-15-12-9-6-3/h7,9-10,12,16,18-19,21,25,27-28,30,33,36,39,42,48,51,66-67,71H,4-6,8,11,13-15,17,20,22-24,26,29,31-32,34-35,37-38,40-41,43-47,49-50,52-65H2,1-3H3,(H,75,76)/b10-7-,12-9-,19-16-,21-18-,28-25-,30-27-,36-33-,42-39-,51-48-. The number of allylic oxidation sites excluding steroid dienone is 18. The Morgan fingerprint density at radius 1 is 0.354 bits per heavy atom. The van der Waals surface area contributed by atoms with Gasteiger partial charge in [0.1, 0.15) is 12.7 Å². The molecule has 0 saturated heterocycles.